The second-order valence-electron chi connectivity index (χ2n) is 10.4. The summed E-state index contributed by atoms with van der Waals surface area (Å²) in [7, 11) is 1.58. The maximum atomic E-state index is 13.9. The van der Waals surface area contributed by atoms with Crippen LogP contribution >= 0.6 is 0 Å². The number of hydrogen-bond acceptors (Lipinski definition) is 5. The minimum Gasteiger partial charge on any atom is -0.497 e. The Morgan fingerprint density at radius 2 is 1.50 bits per heavy atom. The number of rotatable bonds is 12. The summed E-state index contributed by atoms with van der Waals surface area (Å²) in [6.45, 7) is 4.23. The molecule has 0 spiro atoms. The second-order valence-corrected chi connectivity index (χ2v) is 10.4. The van der Waals surface area contributed by atoms with E-state index >= 15 is 0 Å². The molecule has 0 bridgehead atoms. The van der Waals surface area contributed by atoms with Crippen LogP contribution in [0.5, 0.6) is 5.75 Å². The maximum absolute atomic E-state index is 13.9. The number of carbonyl (C=O) groups excluding carboxylic acids is 2. The van der Waals surface area contributed by atoms with Gasteiger partial charge in [0.05, 0.1) is 19.3 Å². The highest BCUT2D eigenvalue weighted by molar-refractivity contribution is 6.10. The summed E-state index contributed by atoms with van der Waals surface area (Å²) in [6.07, 6.45) is -1.13. The molecule has 4 aromatic carbocycles. The van der Waals surface area contributed by atoms with Crippen molar-refractivity contribution in [3.63, 3.8) is 0 Å². The van der Waals surface area contributed by atoms with Gasteiger partial charge >= 0.3 is 0 Å². The number of methoxy groups -OCH3 is 1. The predicted octanol–water partition coefficient (Wildman–Crippen LogP) is 5.31. The van der Waals surface area contributed by atoms with Crippen LogP contribution < -0.4 is 15.4 Å². The van der Waals surface area contributed by atoms with Gasteiger partial charge in [0.2, 0.25) is 0 Å². The molecule has 6 nitrogen and oxygen atoms in total. The molecule has 0 fully saturated rings. The molecular weight excluding hydrogens is 538 g/mol. The van der Waals surface area contributed by atoms with E-state index in [9.17, 15) is 23.5 Å². The zero-order valence-electron chi connectivity index (χ0n) is 23.8. The fourth-order valence-corrected chi connectivity index (χ4v) is 4.72. The quantitative estimate of drug-likeness (QED) is 0.200. The summed E-state index contributed by atoms with van der Waals surface area (Å²) >= 11 is 0. The van der Waals surface area contributed by atoms with Crippen molar-refractivity contribution in [2.24, 2.45) is 0 Å². The molecule has 0 saturated heterocycles. The van der Waals surface area contributed by atoms with E-state index in [0.717, 1.165) is 17.2 Å². The highest BCUT2D eigenvalue weighted by Gasteiger charge is 2.24. The van der Waals surface area contributed by atoms with Gasteiger partial charge < -0.3 is 20.5 Å². The second kappa shape index (κ2) is 14.0. The van der Waals surface area contributed by atoms with E-state index < -0.39 is 29.7 Å². The first-order chi connectivity index (χ1) is 20.1. The molecular formula is C34H34F2N2O4. The monoisotopic (exact) mass is 572 g/mol. The summed E-state index contributed by atoms with van der Waals surface area (Å²) in [6, 6.07) is 21.7. The summed E-state index contributed by atoms with van der Waals surface area (Å²) in [5.74, 6) is -1.55. The van der Waals surface area contributed by atoms with E-state index in [0.29, 0.717) is 29.0 Å². The molecule has 0 unspecified atom stereocenters. The van der Waals surface area contributed by atoms with Crippen LogP contribution in [-0.4, -0.2) is 42.6 Å². The number of ether oxygens (including phenoxy) is 1. The molecule has 4 aromatic rings. The molecule has 0 heterocycles. The van der Waals surface area contributed by atoms with Crippen LogP contribution in [0.25, 0.3) is 0 Å². The van der Waals surface area contributed by atoms with Crippen LogP contribution in [-0.2, 0) is 13.0 Å². The van der Waals surface area contributed by atoms with Crippen molar-refractivity contribution in [2.75, 3.05) is 13.7 Å². The van der Waals surface area contributed by atoms with Crippen LogP contribution in [0.3, 0.4) is 0 Å². The largest absolute Gasteiger partial charge is 0.497 e. The van der Waals surface area contributed by atoms with Gasteiger partial charge in [-0.3, -0.25) is 9.59 Å². The molecule has 0 radical (unpaired) electrons. The van der Waals surface area contributed by atoms with E-state index in [4.69, 9.17) is 4.74 Å². The number of benzene rings is 4. The smallest absolute Gasteiger partial charge is 0.251 e. The maximum Gasteiger partial charge on any atom is 0.251 e. The lowest BCUT2D eigenvalue weighted by molar-refractivity contribution is 0.0829. The third-order valence-electron chi connectivity index (χ3n) is 6.89. The fraction of sp³-hybridized carbons (Fsp3) is 0.235. The number of halogens is 2. The van der Waals surface area contributed by atoms with Crippen molar-refractivity contribution in [2.45, 2.75) is 39.0 Å². The molecule has 1 amide bonds. The number of amides is 1. The Bertz CT molecular complexity index is 1540. The Balaban J connectivity index is 1.53. The van der Waals surface area contributed by atoms with Gasteiger partial charge in [0, 0.05) is 35.8 Å². The van der Waals surface area contributed by atoms with Crippen molar-refractivity contribution < 1.29 is 28.2 Å². The number of nitrogens with one attached hydrogen (secondary N) is 2. The van der Waals surface area contributed by atoms with Gasteiger partial charge in [0.15, 0.2) is 5.78 Å². The van der Waals surface area contributed by atoms with Gasteiger partial charge in [-0.2, -0.15) is 0 Å². The first kappa shape index (κ1) is 30.6. The van der Waals surface area contributed by atoms with Gasteiger partial charge in [-0.15, -0.1) is 0 Å². The molecule has 42 heavy (non-hydrogen) atoms. The Kier molecular flexibility index (Phi) is 10.2. The van der Waals surface area contributed by atoms with Crippen molar-refractivity contribution in [1.82, 2.24) is 10.6 Å². The summed E-state index contributed by atoms with van der Waals surface area (Å²) in [4.78, 5) is 26.6. The van der Waals surface area contributed by atoms with Crippen LogP contribution in [0.4, 0.5) is 8.78 Å². The lowest BCUT2D eigenvalue weighted by atomic mass is 9.97. The van der Waals surface area contributed by atoms with Crippen LogP contribution in [0.15, 0.2) is 84.9 Å². The predicted molar refractivity (Wildman–Crippen MR) is 158 cm³/mol. The molecule has 0 aromatic heterocycles. The highest BCUT2D eigenvalue weighted by Crippen LogP contribution is 2.18. The topological polar surface area (TPSA) is 87.7 Å². The van der Waals surface area contributed by atoms with E-state index in [1.807, 2.05) is 43.3 Å². The minimum absolute atomic E-state index is 0.0244. The summed E-state index contributed by atoms with van der Waals surface area (Å²) < 4.78 is 33.1. The number of aliphatic hydroxyl groups excluding tert-OH is 1. The summed E-state index contributed by atoms with van der Waals surface area (Å²) in [5, 5.41) is 17.1. The molecule has 2 atom stereocenters. The molecule has 3 N–H and O–H groups in total. The molecule has 218 valence electrons. The third-order valence-corrected chi connectivity index (χ3v) is 6.89. The molecule has 0 aliphatic rings. The first-order valence-corrected chi connectivity index (χ1v) is 13.6. The molecule has 8 heteroatoms. The SMILES string of the molecule is COc1cccc(CNC[C@@H](O)[C@H](Cc2cc(F)cc(F)c2)NC(=O)c2cc(C)cc(C(=O)c3ccc(C)cc3)c2)c1. The average Bonchev–Trinajstić information content (AvgIpc) is 2.96. The summed E-state index contributed by atoms with van der Waals surface area (Å²) in [5.41, 5.74) is 4.04. The van der Waals surface area contributed by atoms with Crippen molar-refractivity contribution in [3.05, 3.63) is 136 Å². The number of hydrogen-bond donors (Lipinski definition) is 3. The van der Waals surface area contributed by atoms with Gasteiger partial charge in [-0.1, -0.05) is 42.0 Å². The van der Waals surface area contributed by atoms with Crippen LogP contribution in [0.2, 0.25) is 0 Å². The minimum atomic E-state index is -1.11. The number of ketones is 1. The molecule has 0 saturated carbocycles. The average molecular weight is 573 g/mol. The van der Waals surface area contributed by atoms with Gasteiger partial charge in [0.1, 0.15) is 17.4 Å². The molecule has 0 aliphatic heterocycles. The Morgan fingerprint density at radius 3 is 2.19 bits per heavy atom. The lowest BCUT2D eigenvalue weighted by Gasteiger charge is -2.25. The van der Waals surface area contributed by atoms with Crippen molar-refractivity contribution in [3.8, 4) is 5.75 Å². The lowest BCUT2D eigenvalue weighted by Crippen LogP contribution is -2.48. The zero-order valence-corrected chi connectivity index (χ0v) is 23.8. The number of aryl methyl sites for hydroxylation is 2. The third kappa shape index (κ3) is 8.31. The van der Waals surface area contributed by atoms with E-state index in [2.05, 4.69) is 10.6 Å². The van der Waals surface area contributed by atoms with E-state index in [-0.39, 0.29) is 29.9 Å². The van der Waals surface area contributed by atoms with Gasteiger partial charge in [-0.25, -0.2) is 8.78 Å². The molecule has 0 aliphatic carbocycles. The number of aliphatic hydroxyl groups is 1. The zero-order chi connectivity index (χ0) is 30.2. The molecule has 4 rings (SSSR count). The van der Waals surface area contributed by atoms with Crippen molar-refractivity contribution in [1.29, 1.82) is 0 Å². The van der Waals surface area contributed by atoms with E-state index in [1.54, 1.807) is 38.3 Å². The Labute approximate surface area is 244 Å². The Hall–Kier alpha value is -4.40. The normalized spacial score (nSPS) is 12.4. The number of carbonyl (C=O) groups is 2. The van der Waals surface area contributed by atoms with Gasteiger partial charge in [-0.05, 0) is 79.4 Å². The highest BCUT2D eigenvalue weighted by atomic mass is 19.1. The van der Waals surface area contributed by atoms with E-state index in [1.165, 1.54) is 18.2 Å². The first-order valence-electron chi connectivity index (χ1n) is 13.6. The fourth-order valence-electron chi connectivity index (χ4n) is 4.72. The van der Waals surface area contributed by atoms with Gasteiger partial charge in [0.25, 0.3) is 5.91 Å². The van der Waals surface area contributed by atoms with Crippen molar-refractivity contribution >= 4 is 11.7 Å². The standard InChI is InChI=1S/C34H34F2N2O4/c1-21-7-9-25(10-8-21)33(40)26-11-22(2)12-27(17-26)34(41)38-31(16-24-13-28(35)18-29(36)14-24)32(39)20-37-19-23-5-4-6-30(15-23)42-3/h4-15,17-18,31-32,37,39H,16,19-20H2,1-3H3,(H,38,41)/t31-,32+/m0/s1. The Morgan fingerprint density at radius 1 is 0.810 bits per heavy atom. The van der Waals surface area contributed by atoms with Crippen LogP contribution in [0.1, 0.15) is 48.5 Å². The van der Waals surface area contributed by atoms with Crippen LogP contribution in [0, 0.1) is 25.5 Å².